The van der Waals surface area contributed by atoms with E-state index in [1.54, 1.807) is 12.1 Å². The van der Waals surface area contributed by atoms with Crippen LogP contribution in [0.2, 0.25) is 0 Å². The van der Waals surface area contributed by atoms with Crippen molar-refractivity contribution in [1.29, 1.82) is 0 Å². The zero-order valence-corrected chi connectivity index (χ0v) is 22.1. The fourth-order valence-electron chi connectivity index (χ4n) is 5.50. The van der Waals surface area contributed by atoms with E-state index in [2.05, 4.69) is 9.71 Å². The van der Waals surface area contributed by atoms with E-state index < -0.39 is 27.4 Å². The first-order valence-corrected chi connectivity index (χ1v) is 14.8. The van der Waals surface area contributed by atoms with Gasteiger partial charge in [-0.05, 0) is 68.2 Å². The van der Waals surface area contributed by atoms with Gasteiger partial charge in [0.1, 0.15) is 23.1 Å². The van der Waals surface area contributed by atoms with Gasteiger partial charge in [-0.15, -0.1) is 0 Å². The number of nitrogen functional groups attached to an aromatic ring is 1. The lowest BCUT2D eigenvalue weighted by Gasteiger charge is -2.27. The van der Waals surface area contributed by atoms with Crippen molar-refractivity contribution in [2.24, 2.45) is 5.73 Å². The minimum Gasteiger partial charge on any atom is -0.383 e. The molecule has 2 aliphatic carbocycles. The molecule has 0 radical (unpaired) electrons. The van der Waals surface area contributed by atoms with Gasteiger partial charge in [-0.2, -0.15) is 5.10 Å². The summed E-state index contributed by atoms with van der Waals surface area (Å²) >= 11 is 0. The van der Waals surface area contributed by atoms with Crippen LogP contribution < -0.4 is 16.2 Å². The summed E-state index contributed by atoms with van der Waals surface area (Å²) in [6.07, 6.45) is 7.67. The molecule has 4 aromatic rings. The second kappa shape index (κ2) is 9.87. The molecule has 0 aliphatic heterocycles. The molecular weight excluding hydrogens is 522 g/mol. The van der Waals surface area contributed by atoms with E-state index in [1.807, 2.05) is 10.9 Å². The van der Waals surface area contributed by atoms with Gasteiger partial charge in [0.15, 0.2) is 0 Å². The Labute approximate surface area is 225 Å². The van der Waals surface area contributed by atoms with Crippen molar-refractivity contribution < 1.29 is 17.2 Å². The molecule has 0 spiro atoms. The van der Waals surface area contributed by atoms with Crippen molar-refractivity contribution in [2.75, 3.05) is 10.5 Å². The molecule has 2 aliphatic rings. The number of nitrogens with zero attached hydrogens (tertiary/aromatic N) is 3. The van der Waals surface area contributed by atoms with Crippen LogP contribution in [0.4, 0.5) is 20.3 Å². The number of aromatic nitrogens is 3. The lowest BCUT2D eigenvalue weighted by Crippen LogP contribution is -2.26. The van der Waals surface area contributed by atoms with Crippen molar-refractivity contribution in [1.82, 2.24) is 14.8 Å². The van der Waals surface area contributed by atoms with Crippen LogP contribution in [0.1, 0.15) is 61.6 Å². The highest BCUT2D eigenvalue weighted by molar-refractivity contribution is 7.91. The van der Waals surface area contributed by atoms with Gasteiger partial charge in [-0.1, -0.05) is 24.3 Å². The molecule has 0 amide bonds. The predicted molar refractivity (Wildman–Crippen MR) is 147 cm³/mol. The number of sulfonamides is 1. The van der Waals surface area contributed by atoms with E-state index >= 15 is 4.39 Å². The summed E-state index contributed by atoms with van der Waals surface area (Å²) in [5.41, 5.74) is 15.3. The molecule has 0 atom stereocenters. The first kappa shape index (κ1) is 25.7. The lowest BCUT2D eigenvalue weighted by molar-refractivity contribution is 0.395. The van der Waals surface area contributed by atoms with Crippen molar-refractivity contribution >= 4 is 32.4 Å². The van der Waals surface area contributed by atoms with E-state index in [-0.39, 0.29) is 23.3 Å². The van der Waals surface area contributed by atoms with Crippen molar-refractivity contribution in [3.8, 4) is 11.3 Å². The molecule has 2 fully saturated rings. The minimum atomic E-state index is -4.06. The summed E-state index contributed by atoms with van der Waals surface area (Å²) in [6.45, 7) is 0. The molecule has 204 valence electrons. The highest BCUT2D eigenvalue weighted by Crippen LogP contribution is 2.45. The van der Waals surface area contributed by atoms with Crippen molar-refractivity contribution in [3.63, 3.8) is 0 Å². The lowest BCUT2D eigenvalue weighted by atomic mass is 9.82. The maximum Gasteiger partial charge on any atom is 0.237 e. The highest BCUT2D eigenvalue weighted by atomic mass is 32.2. The first-order chi connectivity index (χ1) is 18.7. The number of nitrogens with two attached hydrogens (primary N) is 2. The maximum atomic E-state index is 15.3. The molecule has 0 unspecified atom stereocenters. The van der Waals surface area contributed by atoms with Crippen LogP contribution in [0.3, 0.4) is 0 Å². The van der Waals surface area contributed by atoms with Crippen LogP contribution in [0.15, 0.2) is 48.7 Å². The number of halogens is 2. The van der Waals surface area contributed by atoms with Crippen LogP contribution in [-0.2, 0) is 15.8 Å². The van der Waals surface area contributed by atoms with Gasteiger partial charge in [0.25, 0.3) is 0 Å². The Morgan fingerprint density at radius 2 is 1.74 bits per heavy atom. The Balaban J connectivity index is 1.36. The number of pyridine rings is 1. The average Bonchev–Trinajstić information content (AvgIpc) is 3.67. The van der Waals surface area contributed by atoms with Crippen LogP contribution in [0, 0.1) is 11.6 Å². The number of nitrogens with one attached hydrogen (secondary N) is 1. The molecule has 11 heteroatoms. The molecule has 39 heavy (non-hydrogen) atoms. The third-order valence-corrected chi connectivity index (χ3v) is 8.92. The van der Waals surface area contributed by atoms with E-state index in [1.165, 1.54) is 30.3 Å². The van der Waals surface area contributed by atoms with Crippen LogP contribution in [0.5, 0.6) is 0 Å². The Kier molecular flexibility index (Phi) is 6.50. The second-order valence-electron chi connectivity index (χ2n) is 10.6. The highest BCUT2D eigenvalue weighted by Gasteiger charge is 2.32. The second-order valence-corrected chi connectivity index (χ2v) is 12.3. The summed E-state index contributed by atoms with van der Waals surface area (Å²) in [5.74, 6) is -1.42. The summed E-state index contributed by atoms with van der Waals surface area (Å²) in [5, 5.41) is 5.57. The fraction of sp³-hybridized carbons (Fsp3) is 0.357. The summed E-state index contributed by atoms with van der Waals surface area (Å²) in [6, 6.07) is 10.2. The van der Waals surface area contributed by atoms with Gasteiger partial charge in [0.05, 0.1) is 28.4 Å². The number of benzene rings is 2. The summed E-state index contributed by atoms with van der Waals surface area (Å²) < 4.78 is 58.8. The molecular formula is C28H30F2N6O2S. The molecule has 5 N–H and O–H groups in total. The molecule has 0 saturated heterocycles. The van der Waals surface area contributed by atoms with Gasteiger partial charge in [-0.25, -0.2) is 22.2 Å². The SMILES string of the molecule is Nc1ncc([C@H]2CC[C@H](N)CC2)c2c1c(-c1ccc(NS(=O)(=O)Cc3ccccc3F)c(F)c1)nn2C1CC1. The molecule has 8 nitrogen and oxygen atoms in total. The maximum absolute atomic E-state index is 15.3. The van der Waals surface area contributed by atoms with Gasteiger partial charge in [-0.3, -0.25) is 9.40 Å². The van der Waals surface area contributed by atoms with Gasteiger partial charge >= 0.3 is 0 Å². The van der Waals surface area contributed by atoms with E-state index in [9.17, 15) is 12.8 Å². The van der Waals surface area contributed by atoms with Crippen molar-refractivity contribution in [3.05, 3.63) is 71.4 Å². The summed E-state index contributed by atoms with van der Waals surface area (Å²) in [7, 11) is -4.06. The minimum absolute atomic E-state index is 0.00200. The van der Waals surface area contributed by atoms with Gasteiger partial charge in [0.2, 0.25) is 10.0 Å². The molecule has 6 rings (SSSR count). The Morgan fingerprint density at radius 3 is 2.44 bits per heavy atom. The van der Waals surface area contributed by atoms with Gasteiger partial charge in [0, 0.05) is 23.4 Å². The number of fused-ring (bicyclic) bond motifs is 1. The molecule has 2 heterocycles. The van der Waals surface area contributed by atoms with Crippen LogP contribution in [0.25, 0.3) is 22.2 Å². The predicted octanol–water partition coefficient (Wildman–Crippen LogP) is 5.22. The van der Waals surface area contributed by atoms with Gasteiger partial charge < -0.3 is 11.5 Å². The summed E-state index contributed by atoms with van der Waals surface area (Å²) in [4.78, 5) is 4.49. The number of hydrogen-bond donors (Lipinski definition) is 3. The Hall–Kier alpha value is -3.57. The number of rotatable bonds is 7. The topological polar surface area (TPSA) is 129 Å². The van der Waals surface area contributed by atoms with Crippen LogP contribution >= 0.6 is 0 Å². The van der Waals surface area contributed by atoms with E-state index in [4.69, 9.17) is 16.6 Å². The zero-order valence-electron chi connectivity index (χ0n) is 21.3. The average molecular weight is 553 g/mol. The normalized spacial score (nSPS) is 19.9. The molecule has 2 aromatic heterocycles. The monoisotopic (exact) mass is 552 g/mol. The Bertz CT molecular complexity index is 1660. The fourth-order valence-corrected chi connectivity index (χ4v) is 6.72. The standard InChI is InChI=1S/C28H30F2N6O2S/c29-22-4-2-1-3-18(22)15-39(37,38)35-24-12-7-17(13-23(24)30)26-25-27(36(34-26)20-10-11-20)21(14-33-28(25)32)16-5-8-19(31)9-6-16/h1-4,7,12-14,16,19-20,35H,5-6,8-11,15,31H2,(H2,32,33)/t16-,19-. The van der Waals surface area contributed by atoms with Crippen molar-refractivity contribution in [2.45, 2.75) is 62.3 Å². The van der Waals surface area contributed by atoms with E-state index in [0.29, 0.717) is 28.4 Å². The molecule has 2 aromatic carbocycles. The first-order valence-electron chi connectivity index (χ1n) is 13.2. The molecule has 2 saturated carbocycles. The number of hydrogen-bond acceptors (Lipinski definition) is 6. The third-order valence-electron chi connectivity index (χ3n) is 7.70. The number of anilines is 2. The smallest absolute Gasteiger partial charge is 0.237 e. The third kappa shape index (κ3) is 5.08. The Morgan fingerprint density at radius 1 is 1.00 bits per heavy atom. The largest absolute Gasteiger partial charge is 0.383 e. The quantitative estimate of drug-likeness (QED) is 0.288. The van der Waals surface area contributed by atoms with E-state index in [0.717, 1.165) is 49.6 Å². The van der Waals surface area contributed by atoms with Crippen LogP contribution in [-0.4, -0.2) is 29.2 Å². The molecule has 0 bridgehead atoms. The zero-order chi connectivity index (χ0) is 27.3.